The molecule has 0 bridgehead atoms. The van der Waals surface area contributed by atoms with Gasteiger partial charge in [-0.2, -0.15) is 4.99 Å². The summed E-state index contributed by atoms with van der Waals surface area (Å²) >= 11 is 1.23. The fourth-order valence-corrected chi connectivity index (χ4v) is 4.59. The second-order valence-electron chi connectivity index (χ2n) is 6.19. The van der Waals surface area contributed by atoms with Gasteiger partial charge in [0.25, 0.3) is 5.91 Å². The molecule has 0 saturated carbocycles. The van der Waals surface area contributed by atoms with E-state index in [0.29, 0.717) is 33.1 Å². The minimum absolute atomic E-state index is 0.0181. The first-order valence-electron chi connectivity index (χ1n) is 8.75. The Bertz CT molecular complexity index is 1240. The summed E-state index contributed by atoms with van der Waals surface area (Å²) in [4.78, 5) is 17.6. The standard InChI is InChI=1S/C19H21N3O5S2/c1-4-9-22-15-8-6-13(29(20,24)25)11-17(15)28-19(22)21-18(23)14-7-5-12(26-2)10-16(14)27-3/h5-8,10-11H,4,9H2,1-3H3,(H2,20,24,25). The van der Waals surface area contributed by atoms with Gasteiger partial charge in [-0.1, -0.05) is 18.3 Å². The fraction of sp³-hybridized carbons (Fsp3) is 0.263. The fourth-order valence-electron chi connectivity index (χ4n) is 2.88. The van der Waals surface area contributed by atoms with Crippen molar-refractivity contribution < 1.29 is 22.7 Å². The Kier molecular flexibility index (Phi) is 6.06. The highest BCUT2D eigenvalue weighted by Crippen LogP contribution is 2.26. The van der Waals surface area contributed by atoms with Gasteiger partial charge in [-0.05, 0) is 36.8 Å². The Labute approximate surface area is 172 Å². The van der Waals surface area contributed by atoms with E-state index in [9.17, 15) is 13.2 Å². The summed E-state index contributed by atoms with van der Waals surface area (Å²) in [7, 11) is -0.822. The quantitative estimate of drug-likeness (QED) is 0.639. The lowest BCUT2D eigenvalue weighted by atomic mass is 10.2. The van der Waals surface area contributed by atoms with Crippen LogP contribution in [0.2, 0.25) is 0 Å². The molecular weight excluding hydrogens is 414 g/mol. The van der Waals surface area contributed by atoms with Crippen LogP contribution in [-0.2, 0) is 16.6 Å². The molecule has 0 fully saturated rings. The zero-order valence-corrected chi connectivity index (χ0v) is 17.8. The van der Waals surface area contributed by atoms with E-state index < -0.39 is 15.9 Å². The predicted octanol–water partition coefficient (Wildman–Crippen LogP) is 2.52. The van der Waals surface area contributed by atoms with E-state index in [0.717, 1.165) is 11.9 Å². The van der Waals surface area contributed by atoms with Crippen molar-refractivity contribution in [3.8, 4) is 11.5 Å². The lowest BCUT2D eigenvalue weighted by Gasteiger charge is -2.07. The largest absolute Gasteiger partial charge is 0.497 e. The number of fused-ring (bicyclic) bond motifs is 1. The summed E-state index contributed by atoms with van der Waals surface area (Å²) < 4.78 is 36.3. The summed E-state index contributed by atoms with van der Waals surface area (Å²) in [5, 5.41) is 5.23. The SMILES string of the molecule is CCCn1c(=NC(=O)c2ccc(OC)cc2OC)sc2cc(S(N)(=O)=O)ccc21. The van der Waals surface area contributed by atoms with Crippen LogP contribution in [0.3, 0.4) is 0 Å². The van der Waals surface area contributed by atoms with Gasteiger partial charge in [0.15, 0.2) is 4.80 Å². The minimum Gasteiger partial charge on any atom is -0.497 e. The topological polar surface area (TPSA) is 113 Å². The van der Waals surface area contributed by atoms with E-state index in [1.807, 2.05) is 11.5 Å². The molecule has 8 nitrogen and oxygen atoms in total. The number of hydrogen-bond acceptors (Lipinski definition) is 6. The van der Waals surface area contributed by atoms with Crippen LogP contribution in [0.15, 0.2) is 46.3 Å². The molecule has 0 saturated heterocycles. The van der Waals surface area contributed by atoms with Gasteiger partial charge in [-0.25, -0.2) is 13.6 Å². The maximum atomic E-state index is 12.8. The number of hydrogen-bond donors (Lipinski definition) is 1. The van der Waals surface area contributed by atoms with Crippen molar-refractivity contribution in [1.82, 2.24) is 4.57 Å². The Morgan fingerprint density at radius 2 is 1.93 bits per heavy atom. The van der Waals surface area contributed by atoms with Gasteiger partial charge in [-0.15, -0.1) is 0 Å². The lowest BCUT2D eigenvalue weighted by molar-refractivity contribution is 0.0995. The summed E-state index contributed by atoms with van der Waals surface area (Å²) in [6.07, 6.45) is 0.815. The molecule has 0 spiro atoms. The zero-order chi connectivity index (χ0) is 21.2. The molecule has 2 aromatic carbocycles. The molecule has 0 aliphatic carbocycles. The van der Waals surface area contributed by atoms with Crippen molar-refractivity contribution in [3.05, 3.63) is 46.8 Å². The first kappa shape index (κ1) is 21.0. The second kappa shape index (κ2) is 8.36. The summed E-state index contributed by atoms with van der Waals surface area (Å²) in [6.45, 7) is 2.63. The van der Waals surface area contributed by atoms with Gasteiger partial charge in [0.1, 0.15) is 11.5 Å². The highest BCUT2D eigenvalue weighted by Gasteiger charge is 2.16. The number of nitrogens with two attached hydrogens (primary N) is 1. The first-order chi connectivity index (χ1) is 13.8. The number of carbonyl (C=O) groups excluding carboxylic acids is 1. The third kappa shape index (κ3) is 4.34. The molecule has 154 valence electrons. The molecule has 1 amide bonds. The smallest absolute Gasteiger partial charge is 0.283 e. The Balaban J connectivity index is 2.16. The van der Waals surface area contributed by atoms with Gasteiger partial charge in [0.2, 0.25) is 10.0 Å². The number of amides is 1. The molecule has 1 heterocycles. The van der Waals surface area contributed by atoms with Gasteiger partial charge in [0, 0.05) is 12.6 Å². The minimum atomic E-state index is -3.82. The molecule has 0 aliphatic rings. The van der Waals surface area contributed by atoms with Crippen LogP contribution in [-0.4, -0.2) is 33.1 Å². The lowest BCUT2D eigenvalue weighted by Crippen LogP contribution is -2.17. The molecular formula is C19H21N3O5S2. The van der Waals surface area contributed by atoms with Crippen molar-refractivity contribution in [1.29, 1.82) is 0 Å². The van der Waals surface area contributed by atoms with E-state index in [1.54, 1.807) is 24.3 Å². The summed E-state index contributed by atoms with van der Waals surface area (Å²) in [6, 6.07) is 9.51. The molecule has 0 atom stereocenters. The van der Waals surface area contributed by atoms with Gasteiger partial charge in [0.05, 0.1) is 34.9 Å². The van der Waals surface area contributed by atoms with Gasteiger partial charge in [-0.3, -0.25) is 4.79 Å². The molecule has 10 heteroatoms. The number of sulfonamides is 1. The number of methoxy groups -OCH3 is 2. The van der Waals surface area contributed by atoms with Crippen molar-refractivity contribution in [2.75, 3.05) is 14.2 Å². The average Bonchev–Trinajstić information content (AvgIpc) is 3.03. The molecule has 0 radical (unpaired) electrons. The van der Waals surface area contributed by atoms with Crippen LogP contribution in [0.25, 0.3) is 10.2 Å². The monoisotopic (exact) mass is 435 g/mol. The van der Waals surface area contributed by atoms with Gasteiger partial charge >= 0.3 is 0 Å². The van der Waals surface area contributed by atoms with Crippen molar-refractivity contribution in [2.45, 2.75) is 24.8 Å². The van der Waals surface area contributed by atoms with Crippen molar-refractivity contribution in [2.24, 2.45) is 10.1 Å². The second-order valence-corrected chi connectivity index (χ2v) is 8.76. The molecule has 0 unspecified atom stereocenters. The van der Waals surface area contributed by atoms with Crippen LogP contribution in [0.1, 0.15) is 23.7 Å². The number of nitrogens with zero attached hydrogens (tertiary/aromatic N) is 2. The number of aryl methyl sites for hydroxylation is 1. The van der Waals surface area contributed by atoms with Crippen LogP contribution >= 0.6 is 11.3 Å². The summed E-state index contributed by atoms with van der Waals surface area (Å²) in [5.74, 6) is 0.460. The van der Waals surface area contributed by atoms with Crippen LogP contribution in [0, 0.1) is 0 Å². The van der Waals surface area contributed by atoms with Crippen LogP contribution in [0.5, 0.6) is 11.5 Å². The number of aromatic nitrogens is 1. The van der Waals surface area contributed by atoms with E-state index in [4.69, 9.17) is 14.6 Å². The average molecular weight is 436 g/mol. The highest BCUT2D eigenvalue weighted by atomic mass is 32.2. The summed E-state index contributed by atoms with van der Waals surface area (Å²) in [5.41, 5.74) is 1.09. The number of thiazole rings is 1. The molecule has 3 aromatic rings. The normalized spacial score (nSPS) is 12.3. The van der Waals surface area contributed by atoms with E-state index in [2.05, 4.69) is 4.99 Å². The van der Waals surface area contributed by atoms with Crippen LogP contribution < -0.4 is 19.4 Å². The predicted molar refractivity (Wildman–Crippen MR) is 111 cm³/mol. The van der Waals surface area contributed by atoms with E-state index in [-0.39, 0.29) is 4.90 Å². The van der Waals surface area contributed by atoms with Crippen LogP contribution in [0.4, 0.5) is 0 Å². The Hall–Kier alpha value is -2.69. The molecule has 1 aromatic heterocycles. The Morgan fingerprint density at radius 3 is 2.55 bits per heavy atom. The number of benzene rings is 2. The van der Waals surface area contributed by atoms with Crippen molar-refractivity contribution >= 4 is 37.5 Å². The molecule has 29 heavy (non-hydrogen) atoms. The zero-order valence-electron chi connectivity index (χ0n) is 16.2. The Morgan fingerprint density at radius 1 is 1.17 bits per heavy atom. The number of rotatable bonds is 6. The van der Waals surface area contributed by atoms with E-state index >= 15 is 0 Å². The number of ether oxygens (including phenoxy) is 2. The third-order valence-corrected chi connectivity index (χ3v) is 6.22. The van der Waals surface area contributed by atoms with Gasteiger partial charge < -0.3 is 14.0 Å². The molecule has 2 N–H and O–H groups in total. The highest BCUT2D eigenvalue weighted by molar-refractivity contribution is 7.89. The number of carbonyl (C=O) groups is 1. The van der Waals surface area contributed by atoms with Crippen molar-refractivity contribution in [3.63, 3.8) is 0 Å². The first-order valence-corrected chi connectivity index (χ1v) is 11.1. The molecule has 3 rings (SSSR count). The maximum Gasteiger partial charge on any atom is 0.283 e. The third-order valence-electron chi connectivity index (χ3n) is 4.27. The van der Waals surface area contributed by atoms with E-state index in [1.165, 1.54) is 37.7 Å². The number of primary sulfonamides is 1. The maximum absolute atomic E-state index is 12.8. The molecule has 0 aliphatic heterocycles.